The third-order valence-electron chi connectivity index (χ3n) is 3.18. The number of hydrogen-bond donors (Lipinski definition) is 0. The van der Waals surface area contributed by atoms with Gasteiger partial charge < -0.3 is 0 Å². The van der Waals surface area contributed by atoms with Crippen LogP contribution in [-0.4, -0.2) is 0 Å². The summed E-state index contributed by atoms with van der Waals surface area (Å²) in [4.78, 5) is 0. The van der Waals surface area contributed by atoms with E-state index in [9.17, 15) is 4.39 Å². The summed E-state index contributed by atoms with van der Waals surface area (Å²) in [5.41, 5.74) is 0. The lowest BCUT2D eigenvalue weighted by molar-refractivity contribution is 0.375. The molecule has 1 heteroatoms. The predicted molar refractivity (Wildman–Crippen MR) is 75.7 cm³/mol. The van der Waals surface area contributed by atoms with E-state index in [1.807, 2.05) is 0 Å². The SMILES string of the molecule is CCCCCCCCCCC[C](F)CC(C)C. The van der Waals surface area contributed by atoms with Gasteiger partial charge in [0.2, 0.25) is 0 Å². The first-order valence-corrected chi connectivity index (χ1v) is 7.67. The molecule has 0 atom stereocenters. The monoisotopic (exact) mass is 243 g/mol. The summed E-state index contributed by atoms with van der Waals surface area (Å²) in [6.07, 6.45) is 13.3. The lowest BCUT2D eigenvalue weighted by Crippen LogP contribution is -1.96. The van der Waals surface area contributed by atoms with E-state index in [2.05, 4.69) is 20.8 Å². The van der Waals surface area contributed by atoms with Crippen LogP contribution in [0.15, 0.2) is 0 Å². The van der Waals surface area contributed by atoms with Gasteiger partial charge in [0.15, 0.2) is 0 Å². The van der Waals surface area contributed by atoms with Gasteiger partial charge >= 0.3 is 0 Å². The molecule has 0 heterocycles. The molecule has 0 aromatic heterocycles. The molecule has 0 N–H and O–H groups in total. The third-order valence-corrected chi connectivity index (χ3v) is 3.18. The molecule has 0 saturated heterocycles. The van der Waals surface area contributed by atoms with Crippen LogP contribution in [-0.2, 0) is 0 Å². The Bertz CT molecular complexity index is 142. The van der Waals surface area contributed by atoms with Crippen molar-refractivity contribution in [3.05, 3.63) is 6.17 Å². The zero-order valence-electron chi connectivity index (χ0n) is 12.2. The zero-order chi connectivity index (χ0) is 12.9. The standard InChI is InChI=1S/C16H32F/c1-4-5-6-7-8-9-10-11-12-13-16(17)14-15(2)3/h15H,4-14H2,1-3H3. The maximum atomic E-state index is 13.3. The first kappa shape index (κ1) is 16.9. The molecule has 0 aliphatic heterocycles. The average molecular weight is 243 g/mol. The minimum atomic E-state index is 0.211. The van der Waals surface area contributed by atoms with Crippen LogP contribution in [0.25, 0.3) is 0 Å². The van der Waals surface area contributed by atoms with E-state index in [0.29, 0.717) is 18.8 Å². The van der Waals surface area contributed by atoms with Crippen LogP contribution in [0.2, 0.25) is 0 Å². The summed E-state index contributed by atoms with van der Waals surface area (Å²) in [5.74, 6) is 0.466. The summed E-state index contributed by atoms with van der Waals surface area (Å²) in [7, 11) is 0. The molecule has 0 nitrogen and oxygen atoms in total. The highest BCUT2D eigenvalue weighted by molar-refractivity contribution is 4.77. The van der Waals surface area contributed by atoms with E-state index < -0.39 is 0 Å². The van der Waals surface area contributed by atoms with Crippen LogP contribution in [0, 0.1) is 12.1 Å². The smallest absolute Gasteiger partial charge is 0.145 e. The molecule has 1 radical (unpaired) electrons. The fourth-order valence-corrected chi connectivity index (χ4v) is 2.17. The van der Waals surface area contributed by atoms with Crippen LogP contribution in [0.3, 0.4) is 0 Å². The Balaban J connectivity index is 3.07. The maximum absolute atomic E-state index is 13.3. The first-order valence-electron chi connectivity index (χ1n) is 7.67. The largest absolute Gasteiger partial charge is 0.240 e. The van der Waals surface area contributed by atoms with Crippen molar-refractivity contribution in [2.45, 2.75) is 91.4 Å². The van der Waals surface area contributed by atoms with Crippen LogP contribution in [0.1, 0.15) is 91.4 Å². The summed E-state index contributed by atoms with van der Waals surface area (Å²) < 4.78 is 13.3. The van der Waals surface area contributed by atoms with E-state index in [-0.39, 0.29) is 6.17 Å². The summed E-state index contributed by atoms with van der Waals surface area (Å²) in [6.45, 7) is 6.41. The highest BCUT2D eigenvalue weighted by Gasteiger charge is 2.09. The fraction of sp³-hybridized carbons (Fsp3) is 0.938. The van der Waals surface area contributed by atoms with Crippen LogP contribution in [0.4, 0.5) is 4.39 Å². The van der Waals surface area contributed by atoms with E-state index in [1.165, 1.54) is 51.4 Å². The lowest BCUT2D eigenvalue weighted by atomic mass is 10.0. The van der Waals surface area contributed by atoms with E-state index >= 15 is 0 Å². The van der Waals surface area contributed by atoms with E-state index in [1.54, 1.807) is 0 Å². The Hall–Kier alpha value is -0.0700. The molecule has 0 aliphatic rings. The van der Waals surface area contributed by atoms with Crippen molar-refractivity contribution >= 4 is 0 Å². The molecule has 0 spiro atoms. The quantitative estimate of drug-likeness (QED) is 0.345. The zero-order valence-corrected chi connectivity index (χ0v) is 12.2. The molecular weight excluding hydrogens is 211 g/mol. The van der Waals surface area contributed by atoms with Gasteiger partial charge in [0.05, 0.1) is 0 Å². The van der Waals surface area contributed by atoms with Gasteiger partial charge in [-0.05, 0) is 18.8 Å². The number of rotatable bonds is 12. The number of halogens is 1. The molecule has 0 saturated carbocycles. The van der Waals surface area contributed by atoms with E-state index in [4.69, 9.17) is 0 Å². The minimum Gasteiger partial charge on any atom is -0.240 e. The summed E-state index contributed by atoms with van der Waals surface area (Å²) in [5, 5.41) is 0. The van der Waals surface area contributed by atoms with Crippen molar-refractivity contribution in [1.82, 2.24) is 0 Å². The van der Waals surface area contributed by atoms with Gasteiger partial charge in [-0.1, -0.05) is 78.6 Å². The van der Waals surface area contributed by atoms with Crippen molar-refractivity contribution in [2.75, 3.05) is 0 Å². The highest BCUT2D eigenvalue weighted by atomic mass is 19.1. The van der Waals surface area contributed by atoms with Crippen molar-refractivity contribution in [3.8, 4) is 0 Å². The van der Waals surface area contributed by atoms with Crippen molar-refractivity contribution in [1.29, 1.82) is 0 Å². The molecule has 0 fully saturated rings. The Morgan fingerprint density at radius 1 is 0.824 bits per heavy atom. The van der Waals surface area contributed by atoms with Gasteiger partial charge in [-0.2, -0.15) is 0 Å². The molecule has 0 amide bonds. The first-order chi connectivity index (χ1) is 8.16. The molecule has 0 aromatic rings. The number of hydrogen-bond acceptors (Lipinski definition) is 0. The van der Waals surface area contributed by atoms with Gasteiger partial charge in [-0.3, -0.25) is 0 Å². The van der Waals surface area contributed by atoms with Gasteiger partial charge in [0, 0.05) is 0 Å². The Morgan fingerprint density at radius 2 is 1.29 bits per heavy atom. The molecule has 0 bridgehead atoms. The number of unbranched alkanes of at least 4 members (excludes halogenated alkanes) is 8. The second kappa shape index (κ2) is 12.4. The molecule has 0 aromatic carbocycles. The predicted octanol–water partition coefficient (Wildman–Crippen LogP) is 6.45. The Morgan fingerprint density at radius 3 is 1.76 bits per heavy atom. The maximum Gasteiger partial charge on any atom is 0.145 e. The van der Waals surface area contributed by atoms with Gasteiger partial charge in [0.25, 0.3) is 0 Å². The topological polar surface area (TPSA) is 0 Å². The summed E-state index contributed by atoms with van der Waals surface area (Å²) in [6, 6.07) is 0. The van der Waals surface area contributed by atoms with Crippen LogP contribution >= 0.6 is 0 Å². The van der Waals surface area contributed by atoms with Gasteiger partial charge in [-0.25, -0.2) is 4.39 Å². The van der Waals surface area contributed by atoms with Crippen LogP contribution in [0.5, 0.6) is 0 Å². The Kier molecular flexibility index (Phi) is 12.3. The van der Waals surface area contributed by atoms with Crippen molar-refractivity contribution in [3.63, 3.8) is 0 Å². The highest BCUT2D eigenvalue weighted by Crippen LogP contribution is 2.22. The molecular formula is C16H32F. The second-order valence-electron chi connectivity index (χ2n) is 5.69. The third kappa shape index (κ3) is 13.9. The van der Waals surface area contributed by atoms with Crippen molar-refractivity contribution < 1.29 is 4.39 Å². The molecule has 17 heavy (non-hydrogen) atoms. The van der Waals surface area contributed by atoms with Gasteiger partial charge in [0.1, 0.15) is 6.17 Å². The molecule has 0 rings (SSSR count). The van der Waals surface area contributed by atoms with E-state index in [0.717, 1.165) is 6.42 Å². The lowest BCUT2D eigenvalue weighted by Gasteiger charge is -2.09. The fourth-order valence-electron chi connectivity index (χ4n) is 2.17. The Labute approximate surface area is 108 Å². The minimum absolute atomic E-state index is 0.211. The second-order valence-corrected chi connectivity index (χ2v) is 5.69. The van der Waals surface area contributed by atoms with Gasteiger partial charge in [-0.15, -0.1) is 0 Å². The average Bonchev–Trinajstić information content (AvgIpc) is 2.26. The summed E-state index contributed by atoms with van der Waals surface area (Å²) >= 11 is 0. The van der Waals surface area contributed by atoms with Crippen molar-refractivity contribution in [2.24, 2.45) is 5.92 Å². The normalized spacial score (nSPS) is 11.6. The molecule has 0 aliphatic carbocycles. The molecule has 103 valence electrons. The molecule has 0 unspecified atom stereocenters. The van der Waals surface area contributed by atoms with Crippen LogP contribution < -0.4 is 0 Å².